The maximum Gasteiger partial charge on any atom is 0.281 e. The largest absolute Gasteiger partial charge is 0.493 e. The second kappa shape index (κ2) is 14.6. The number of sulfonamides is 1. The Kier molecular flexibility index (Phi) is 10.4. The molecule has 1 N–H and O–H groups in total. The van der Waals surface area contributed by atoms with Crippen LogP contribution in [0.3, 0.4) is 0 Å². The van der Waals surface area contributed by atoms with E-state index in [1.807, 2.05) is 76.2 Å². The number of rotatable bonds is 12. The van der Waals surface area contributed by atoms with Crippen LogP contribution in [-0.2, 0) is 16.6 Å². The molecule has 0 saturated heterocycles. The molecule has 0 aliphatic heterocycles. The van der Waals surface area contributed by atoms with Gasteiger partial charge in [-0.1, -0.05) is 62.4 Å². The summed E-state index contributed by atoms with van der Waals surface area (Å²) in [6.07, 6.45) is 0. The summed E-state index contributed by atoms with van der Waals surface area (Å²) in [6, 6.07) is 24.9. The molecule has 0 fully saturated rings. The van der Waals surface area contributed by atoms with Crippen LogP contribution in [0.1, 0.15) is 49.4 Å². The fourth-order valence-electron chi connectivity index (χ4n) is 4.76. The molecule has 5 rings (SSSR count). The number of hydrogen-bond acceptors (Lipinski definition) is 8. The fourth-order valence-corrected chi connectivity index (χ4v) is 5.72. The Morgan fingerprint density at radius 3 is 2.29 bits per heavy atom. The van der Waals surface area contributed by atoms with Crippen LogP contribution in [0.4, 0.5) is 4.39 Å². The molecule has 0 aliphatic carbocycles. The van der Waals surface area contributed by atoms with Crippen molar-refractivity contribution in [2.24, 2.45) is 5.92 Å². The Hall–Kier alpha value is -5.29. The molecule has 1 amide bonds. The van der Waals surface area contributed by atoms with E-state index >= 15 is 0 Å². The lowest BCUT2D eigenvalue weighted by molar-refractivity contribution is 0.0978. The first-order valence-electron chi connectivity index (χ1n) is 15.3. The average Bonchev–Trinajstić information content (AvgIpc) is 3.05. The van der Waals surface area contributed by atoms with E-state index in [9.17, 15) is 17.6 Å². The van der Waals surface area contributed by atoms with Crippen LogP contribution in [0.25, 0.3) is 11.3 Å². The number of aromatic nitrogens is 2. The number of hydrogen-bond donors (Lipinski definition) is 1. The number of pyridine rings is 2. The third-order valence-corrected chi connectivity index (χ3v) is 8.45. The van der Waals surface area contributed by atoms with Gasteiger partial charge >= 0.3 is 0 Å². The molecule has 48 heavy (non-hydrogen) atoms. The van der Waals surface area contributed by atoms with Crippen molar-refractivity contribution in [2.75, 3.05) is 6.61 Å². The van der Waals surface area contributed by atoms with Crippen LogP contribution in [0.2, 0.25) is 0 Å². The second-order valence-corrected chi connectivity index (χ2v) is 13.3. The minimum absolute atomic E-state index is 0. The highest BCUT2D eigenvalue weighted by atomic mass is 32.2. The van der Waals surface area contributed by atoms with Crippen molar-refractivity contribution in [3.05, 3.63) is 125 Å². The van der Waals surface area contributed by atoms with E-state index in [1.54, 1.807) is 13.0 Å². The lowest BCUT2D eigenvalue weighted by Crippen LogP contribution is -2.31. The molecule has 2 aromatic heterocycles. The van der Waals surface area contributed by atoms with Gasteiger partial charge in [-0.25, -0.2) is 19.1 Å². The number of ether oxygens (including phenoxy) is 3. The highest BCUT2D eigenvalue weighted by Gasteiger charge is 2.25. The molecular weight excluding hydrogens is 633 g/mol. The SMILES string of the molecule is Cc1cccc(C)c1Oc1nc(-c2cc(F)cc(OCC(C)C)c2)ccc1C(=O)NS(=O)(=O)c1ccc(OCc2ccccc2)c(C)n1.[HH].[HH]. The summed E-state index contributed by atoms with van der Waals surface area (Å²) in [5.41, 5.74) is 3.32. The predicted molar refractivity (Wildman–Crippen MR) is 185 cm³/mol. The molecular formula is C37H40FN3O6S. The molecule has 0 aliphatic rings. The van der Waals surface area contributed by atoms with Crippen LogP contribution in [0.5, 0.6) is 23.1 Å². The number of carbonyl (C=O) groups is 1. The predicted octanol–water partition coefficient (Wildman–Crippen LogP) is 8.22. The standard InChI is InChI=1S/C37H36FN3O6S.2H2/c1-23(2)21-45-30-19-28(18-29(38)20-30)32-15-14-31(37(40-32)47-35-24(3)10-9-11-25(35)4)36(42)41-48(43,44)34-17-16-33(26(5)39-34)46-22-27-12-7-6-8-13-27;;/h6-20,23H,21-22H2,1-5H3,(H,41,42);2*1H. The fraction of sp³-hybridized carbons (Fsp3) is 0.216. The summed E-state index contributed by atoms with van der Waals surface area (Å²) in [6.45, 7) is 9.92. The minimum atomic E-state index is -4.42. The topological polar surface area (TPSA) is 117 Å². The Bertz CT molecular complexity index is 2040. The summed E-state index contributed by atoms with van der Waals surface area (Å²) in [4.78, 5) is 22.3. The molecule has 0 saturated carbocycles. The van der Waals surface area contributed by atoms with E-state index < -0.39 is 21.7 Å². The maximum atomic E-state index is 14.6. The molecule has 2 heterocycles. The van der Waals surface area contributed by atoms with Crippen molar-refractivity contribution in [3.63, 3.8) is 0 Å². The summed E-state index contributed by atoms with van der Waals surface area (Å²) in [5, 5.41) is -0.365. The van der Waals surface area contributed by atoms with E-state index in [0.717, 1.165) is 16.7 Å². The second-order valence-electron chi connectivity index (χ2n) is 11.7. The monoisotopic (exact) mass is 673 g/mol. The minimum Gasteiger partial charge on any atom is -0.493 e. The van der Waals surface area contributed by atoms with Gasteiger partial charge in [0.2, 0.25) is 5.88 Å². The summed E-state index contributed by atoms with van der Waals surface area (Å²) in [5.74, 6) is -0.278. The van der Waals surface area contributed by atoms with Gasteiger partial charge in [-0.3, -0.25) is 4.79 Å². The molecule has 5 aromatic rings. The van der Waals surface area contributed by atoms with Crippen molar-refractivity contribution >= 4 is 15.9 Å². The number of para-hydroxylation sites is 1. The van der Waals surface area contributed by atoms with Crippen LogP contribution in [0, 0.1) is 32.5 Å². The smallest absolute Gasteiger partial charge is 0.281 e. The van der Waals surface area contributed by atoms with Crippen molar-refractivity contribution in [3.8, 4) is 34.4 Å². The van der Waals surface area contributed by atoms with E-state index in [1.165, 1.54) is 36.4 Å². The van der Waals surface area contributed by atoms with Gasteiger partial charge in [0, 0.05) is 14.5 Å². The molecule has 9 nitrogen and oxygen atoms in total. The number of carbonyl (C=O) groups excluding carboxylic acids is 1. The third kappa shape index (κ3) is 8.34. The molecule has 11 heteroatoms. The zero-order valence-electron chi connectivity index (χ0n) is 27.3. The molecule has 0 spiro atoms. The third-order valence-electron chi connectivity index (χ3n) is 7.21. The molecule has 0 unspecified atom stereocenters. The van der Waals surface area contributed by atoms with Crippen molar-refractivity contribution in [2.45, 2.75) is 46.3 Å². The van der Waals surface area contributed by atoms with Crippen LogP contribution >= 0.6 is 0 Å². The summed E-state index contributed by atoms with van der Waals surface area (Å²) < 4.78 is 61.2. The molecule has 252 valence electrons. The van der Waals surface area contributed by atoms with E-state index in [-0.39, 0.29) is 37.5 Å². The molecule has 3 aromatic carbocycles. The lowest BCUT2D eigenvalue weighted by atomic mass is 10.1. The number of nitrogens with one attached hydrogen (secondary N) is 1. The van der Waals surface area contributed by atoms with Gasteiger partial charge in [-0.15, -0.1) is 0 Å². The van der Waals surface area contributed by atoms with Gasteiger partial charge in [0.1, 0.15) is 35.2 Å². The molecule has 0 bridgehead atoms. The first-order chi connectivity index (χ1) is 22.9. The Balaban J connectivity index is 0.00000338. The molecule has 0 atom stereocenters. The highest BCUT2D eigenvalue weighted by molar-refractivity contribution is 7.90. The zero-order valence-corrected chi connectivity index (χ0v) is 28.1. The Morgan fingerprint density at radius 2 is 1.60 bits per heavy atom. The van der Waals surface area contributed by atoms with Gasteiger partial charge in [0.05, 0.1) is 18.0 Å². The first kappa shape index (κ1) is 34.1. The Labute approximate surface area is 282 Å². The Morgan fingerprint density at radius 1 is 0.875 bits per heavy atom. The van der Waals surface area contributed by atoms with E-state index in [0.29, 0.717) is 35.1 Å². The normalized spacial score (nSPS) is 11.3. The van der Waals surface area contributed by atoms with Crippen LogP contribution in [0.15, 0.2) is 96.0 Å². The lowest BCUT2D eigenvalue weighted by Gasteiger charge is -2.16. The van der Waals surface area contributed by atoms with Crippen LogP contribution < -0.4 is 18.9 Å². The summed E-state index contributed by atoms with van der Waals surface area (Å²) in [7, 11) is -4.42. The quantitative estimate of drug-likeness (QED) is 0.141. The summed E-state index contributed by atoms with van der Waals surface area (Å²) >= 11 is 0. The van der Waals surface area contributed by atoms with Crippen LogP contribution in [-0.4, -0.2) is 30.9 Å². The van der Waals surface area contributed by atoms with Gasteiger partial charge in [-0.05, 0) is 79.8 Å². The van der Waals surface area contributed by atoms with Gasteiger partial charge in [0.25, 0.3) is 15.9 Å². The van der Waals surface area contributed by atoms with Crippen molar-refractivity contribution in [1.29, 1.82) is 0 Å². The van der Waals surface area contributed by atoms with Crippen molar-refractivity contribution in [1.82, 2.24) is 14.7 Å². The molecule has 0 radical (unpaired) electrons. The number of halogens is 1. The van der Waals surface area contributed by atoms with Gasteiger partial charge in [-0.2, -0.15) is 8.42 Å². The van der Waals surface area contributed by atoms with Gasteiger partial charge < -0.3 is 14.2 Å². The van der Waals surface area contributed by atoms with E-state index in [4.69, 9.17) is 14.2 Å². The maximum absolute atomic E-state index is 14.6. The average molecular weight is 674 g/mol. The highest BCUT2D eigenvalue weighted by Crippen LogP contribution is 2.33. The number of amides is 1. The van der Waals surface area contributed by atoms with Crippen molar-refractivity contribution < 1.29 is 34.7 Å². The number of nitrogens with zero attached hydrogens (tertiary/aromatic N) is 2. The number of aryl methyl sites for hydroxylation is 3. The number of benzene rings is 3. The van der Waals surface area contributed by atoms with E-state index in [2.05, 4.69) is 14.7 Å². The van der Waals surface area contributed by atoms with Gasteiger partial charge in [0.15, 0.2) is 5.03 Å². The first-order valence-corrected chi connectivity index (χ1v) is 16.8. The zero-order chi connectivity index (χ0) is 34.4.